The fraction of sp³-hybridized carbons (Fsp3) is 0.769. The molecule has 8 nitrogen and oxygen atoms in total. The van der Waals surface area contributed by atoms with Crippen LogP contribution in [0.1, 0.15) is 26.2 Å². The molecule has 0 aromatic heterocycles. The highest BCUT2D eigenvalue weighted by molar-refractivity contribution is 5.92. The molecule has 0 aliphatic rings. The summed E-state index contributed by atoms with van der Waals surface area (Å²) in [5.74, 6) is -3.53. The van der Waals surface area contributed by atoms with Crippen molar-refractivity contribution in [2.45, 2.75) is 37.4 Å². The molecule has 122 valence electrons. The molecule has 2 unspecified atom stereocenters. The molecule has 2 atom stereocenters. The maximum Gasteiger partial charge on any atom is 0.306 e. The second-order valence-electron chi connectivity index (χ2n) is 6.72. The number of ketones is 1. The van der Waals surface area contributed by atoms with Crippen molar-refractivity contribution in [3.05, 3.63) is 0 Å². The number of rotatable bonds is 9. The van der Waals surface area contributed by atoms with E-state index in [9.17, 15) is 24.6 Å². The first-order valence-corrected chi connectivity index (χ1v) is 6.39. The Morgan fingerprint density at radius 3 is 1.67 bits per heavy atom. The van der Waals surface area contributed by atoms with E-state index >= 15 is 0 Å². The van der Waals surface area contributed by atoms with Crippen molar-refractivity contribution in [3.8, 4) is 0 Å². The number of Topliss-reactive ketones (excluding diaryl/α,β-unsaturated/α-hetero) is 1. The third-order valence-corrected chi connectivity index (χ3v) is 2.77. The predicted molar refractivity (Wildman–Crippen MR) is 72.6 cm³/mol. The molecule has 4 N–H and O–H groups in total. The van der Waals surface area contributed by atoms with Crippen molar-refractivity contribution in [1.82, 2.24) is 0 Å². The lowest BCUT2D eigenvalue weighted by atomic mass is 9.84. The highest BCUT2D eigenvalue weighted by Crippen LogP contribution is 2.24. The van der Waals surface area contributed by atoms with Gasteiger partial charge in [0.15, 0.2) is 11.4 Å². The Bertz CT molecular complexity index is 425. The number of aliphatic hydroxyl groups is 2. The molecule has 0 rings (SSSR count). The number of carboxylic acids is 2. The van der Waals surface area contributed by atoms with Crippen LogP contribution in [0, 0.1) is 0 Å². The van der Waals surface area contributed by atoms with E-state index in [-0.39, 0.29) is 11.0 Å². The predicted octanol–water partition coefficient (Wildman–Crippen LogP) is -0.917. The summed E-state index contributed by atoms with van der Waals surface area (Å²) in [6, 6.07) is 0. The summed E-state index contributed by atoms with van der Waals surface area (Å²) in [6.07, 6.45) is -2.11. The molecule has 0 heterocycles. The quantitative estimate of drug-likeness (QED) is 0.405. The third-order valence-electron chi connectivity index (χ3n) is 2.77. The van der Waals surface area contributed by atoms with Gasteiger partial charge >= 0.3 is 11.9 Å². The van der Waals surface area contributed by atoms with Crippen molar-refractivity contribution < 1.29 is 39.3 Å². The number of aliphatic carboxylic acids is 2. The minimum absolute atomic E-state index is 0.136. The van der Waals surface area contributed by atoms with E-state index in [1.807, 2.05) is 0 Å². The summed E-state index contributed by atoms with van der Waals surface area (Å²) < 4.78 is 0.136. The van der Waals surface area contributed by atoms with Gasteiger partial charge in [0.05, 0.1) is 39.6 Å². The molecule has 0 spiro atoms. The van der Waals surface area contributed by atoms with Crippen molar-refractivity contribution in [3.63, 3.8) is 0 Å². The van der Waals surface area contributed by atoms with Gasteiger partial charge in [0, 0.05) is 6.42 Å². The van der Waals surface area contributed by atoms with Gasteiger partial charge in [-0.1, -0.05) is 0 Å². The van der Waals surface area contributed by atoms with Crippen molar-refractivity contribution >= 4 is 17.7 Å². The normalized spacial score (nSPS) is 17.6. The highest BCUT2D eigenvalue weighted by Gasteiger charge is 2.45. The van der Waals surface area contributed by atoms with E-state index in [0.29, 0.717) is 0 Å². The lowest BCUT2D eigenvalue weighted by Crippen LogP contribution is -2.56. The monoisotopic (exact) mass is 306 g/mol. The van der Waals surface area contributed by atoms with Crippen LogP contribution in [0.5, 0.6) is 0 Å². The first kappa shape index (κ1) is 19.5. The van der Waals surface area contributed by atoms with E-state index in [4.69, 9.17) is 10.2 Å². The second kappa shape index (κ2) is 6.50. The Morgan fingerprint density at radius 1 is 0.905 bits per heavy atom. The van der Waals surface area contributed by atoms with Gasteiger partial charge in [-0.25, -0.2) is 0 Å². The molecule has 0 saturated heterocycles. The zero-order chi connectivity index (χ0) is 17.1. The molecule has 0 saturated carbocycles. The first-order valence-electron chi connectivity index (χ1n) is 6.39. The maximum absolute atomic E-state index is 12.2. The van der Waals surface area contributed by atoms with Gasteiger partial charge in [0.25, 0.3) is 0 Å². The van der Waals surface area contributed by atoms with Crippen molar-refractivity contribution in [1.29, 1.82) is 0 Å². The van der Waals surface area contributed by atoms with Gasteiger partial charge in [0.1, 0.15) is 6.54 Å². The lowest BCUT2D eigenvalue weighted by molar-refractivity contribution is -0.875. The zero-order valence-electron chi connectivity index (χ0n) is 12.8. The molecule has 0 fully saturated rings. The number of hydrogen-bond donors (Lipinski definition) is 4. The molecular weight excluding hydrogens is 282 g/mol. The average molecular weight is 306 g/mol. The fourth-order valence-electron chi connectivity index (χ4n) is 2.18. The number of quaternary nitrogens is 1. The van der Waals surface area contributed by atoms with Crippen LogP contribution in [-0.4, -0.2) is 81.5 Å². The number of carbonyl (C=O) groups excluding carboxylic acids is 1. The van der Waals surface area contributed by atoms with E-state index in [0.717, 1.165) is 6.92 Å². The number of nitrogens with zero attached hydrogens (tertiary/aromatic N) is 1. The highest BCUT2D eigenvalue weighted by atomic mass is 16.4. The van der Waals surface area contributed by atoms with Crippen LogP contribution in [-0.2, 0) is 14.4 Å². The largest absolute Gasteiger partial charge is 0.481 e. The Balaban J connectivity index is 5.21. The van der Waals surface area contributed by atoms with Crippen LogP contribution in [0.4, 0.5) is 0 Å². The van der Waals surface area contributed by atoms with E-state index in [2.05, 4.69) is 0 Å². The Kier molecular flexibility index (Phi) is 6.04. The Hall–Kier alpha value is -1.51. The minimum atomic E-state index is -2.16. The molecule has 0 radical (unpaired) electrons. The van der Waals surface area contributed by atoms with E-state index < -0.39 is 48.2 Å². The summed E-state index contributed by atoms with van der Waals surface area (Å²) in [6.45, 7) is 0.993. The van der Waals surface area contributed by atoms with Gasteiger partial charge in [0.2, 0.25) is 0 Å². The summed E-state index contributed by atoms with van der Waals surface area (Å²) >= 11 is 0. The number of likely N-dealkylation sites (N-methyl/N-ethyl adjacent to an activating group) is 1. The van der Waals surface area contributed by atoms with Crippen LogP contribution >= 0.6 is 0 Å². The average Bonchev–Trinajstić information content (AvgIpc) is 2.08. The molecule has 0 aliphatic carbocycles. The van der Waals surface area contributed by atoms with Crippen molar-refractivity contribution in [2.24, 2.45) is 0 Å². The smallest absolute Gasteiger partial charge is 0.306 e. The zero-order valence-corrected chi connectivity index (χ0v) is 12.8. The first-order chi connectivity index (χ1) is 9.17. The van der Waals surface area contributed by atoms with Crippen molar-refractivity contribution in [2.75, 3.05) is 27.7 Å². The minimum Gasteiger partial charge on any atom is -0.481 e. The van der Waals surface area contributed by atoms with Crippen LogP contribution < -0.4 is 0 Å². The SMILES string of the molecule is CC(O)(CC(=O)O)CC(=O)C(O)(CC(=O)O)C[N+](C)(C)C. The van der Waals surface area contributed by atoms with E-state index in [1.165, 1.54) is 0 Å². The summed E-state index contributed by atoms with van der Waals surface area (Å²) in [7, 11) is 5.03. The summed E-state index contributed by atoms with van der Waals surface area (Å²) in [5.41, 5.74) is -4.01. The molecule has 0 aromatic rings. The van der Waals surface area contributed by atoms with Crippen LogP contribution in [0.2, 0.25) is 0 Å². The molecule has 0 bridgehead atoms. The van der Waals surface area contributed by atoms with E-state index in [1.54, 1.807) is 21.1 Å². The second-order valence-corrected chi connectivity index (χ2v) is 6.72. The molecular formula is C13H24NO7+. The molecule has 0 aromatic carbocycles. The topological polar surface area (TPSA) is 132 Å². The van der Waals surface area contributed by atoms with Crippen LogP contribution in [0.15, 0.2) is 0 Å². The van der Waals surface area contributed by atoms with Crippen LogP contribution in [0.25, 0.3) is 0 Å². The van der Waals surface area contributed by atoms with Gasteiger partial charge in [-0.2, -0.15) is 0 Å². The maximum atomic E-state index is 12.2. The lowest BCUT2D eigenvalue weighted by Gasteiger charge is -2.35. The fourth-order valence-corrected chi connectivity index (χ4v) is 2.18. The Labute approximate surface area is 123 Å². The number of hydrogen-bond acceptors (Lipinski definition) is 5. The molecule has 0 amide bonds. The number of carbonyl (C=O) groups is 3. The van der Waals surface area contributed by atoms with Gasteiger partial charge in [-0.15, -0.1) is 0 Å². The molecule has 0 aliphatic heterocycles. The van der Waals surface area contributed by atoms with Gasteiger partial charge in [-0.3, -0.25) is 14.4 Å². The standard InChI is InChI=1S/C13H23NO7/c1-12(20,6-10(16)17)5-9(15)13(21,7-11(18)19)8-14(2,3)4/h20-21H,5-8H2,1-4H3,(H-,16,17,18,19)/p+1. The molecule has 8 heteroatoms. The van der Waals surface area contributed by atoms with Crippen LogP contribution in [0.3, 0.4) is 0 Å². The summed E-state index contributed by atoms with van der Waals surface area (Å²) in [4.78, 5) is 33.7. The summed E-state index contributed by atoms with van der Waals surface area (Å²) in [5, 5.41) is 37.8. The van der Waals surface area contributed by atoms with Gasteiger partial charge in [-0.05, 0) is 6.92 Å². The third kappa shape index (κ3) is 7.74. The molecule has 21 heavy (non-hydrogen) atoms. The Morgan fingerprint density at radius 2 is 1.33 bits per heavy atom. The van der Waals surface area contributed by atoms with Gasteiger partial charge < -0.3 is 24.9 Å². The number of carboxylic acid groups (broad SMARTS) is 2.